The Morgan fingerprint density at radius 1 is 1.35 bits per heavy atom. The first-order valence-corrected chi connectivity index (χ1v) is 8.38. The molecule has 5 heteroatoms. The van der Waals surface area contributed by atoms with Crippen molar-refractivity contribution in [2.45, 2.75) is 26.2 Å². The minimum atomic E-state index is -0.130. The Bertz CT molecular complexity index is 687. The third kappa shape index (κ3) is 3.50. The minimum absolute atomic E-state index is 0.130. The second-order valence-electron chi connectivity index (χ2n) is 6.23. The third-order valence-electron chi connectivity index (χ3n) is 4.65. The third-order valence-corrected chi connectivity index (χ3v) is 4.65. The highest BCUT2D eigenvalue weighted by molar-refractivity contribution is 5.99. The summed E-state index contributed by atoms with van der Waals surface area (Å²) in [7, 11) is 1.63. The van der Waals surface area contributed by atoms with Crippen molar-refractivity contribution in [1.82, 2.24) is 5.32 Å². The summed E-state index contributed by atoms with van der Waals surface area (Å²) < 4.78 is 10.9. The van der Waals surface area contributed by atoms with Gasteiger partial charge in [-0.2, -0.15) is 0 Å². The van der Waals surface area contributed by atoms with E-state index in [0.717, 1.165) is 35.2 Å². The molecule has 0 spiro atoms. The summed E-state index contributed by atoms with van der Waals surface area (Å²) in [5.74, 6) is 1.04. The fourth-order valence-corrected chi connectivity index (χ4v) is 3.29. The summed E-state index contributed by atoms with van der Waals surface area (Å²) in [4.78, 5) is 14.0. The molecule has 2 heterocycles. The van der Waals surface area contributed by atoms with E-state index in [4.69, 9.17) is 9.15 Å². The second-order valence-corrected chi connectivity index (χ2v) is 6.23. The molecule has 0 bridgehead atoms. The number of rotatable bonds is 6. The van der Waals surface area contributed by atoms with Crippen molar-refractivity contribution in [2.24, 2.45) is 0 Å². The summed E-state index contributed by atoms with van der Waals surface area (Å²) in [6.45, 7) is 6.30. The lowest BCUT2D eigenvalue weighted by Gasteiger charge is -2.11. The number of hydrogen-bond donors (Lipinski definition) is 2. The van der Waals surface area contributed by atoms with Gasteiger partial charge in [0.1, 0.15) is 11.3 Å². The maximum atomic E-state index is 12.3. The molecule has 23 heavy (non-hydrogen) atoms. The smallest absolute Gasteiger partial charge is 0.287 e. The number of carbonyl (C=O) groups is 1. The van der Waals surface area contributed by atoms with Gasteiger partial charge in [0.05, 0.1) is 26.7 Å². The molecule has 124 valence electrons. The number of ether oxygens (including phenoxy) is 1. The van der Waals surface area contributed by atoms with Gasteiger partial charge in [0, 0.05) is 36.8 Å². The zero-order valence-corrected chi connectivity index (χ0v) is 13.9. The SMILES string of the molecule is COc1ccc2oc(C(=O)NCCC[NH+]3CCCC3)c(C)c2c1. The molecule has 0 radical (unpaired) electrons. The molecule has 2 aromatic rings. The lowest BCUT2D eigenvalue weighted by atomic mass is 10.1. The van der Waals surface area contributed by atoms with Gasteiger partial charge in [-0.1, -0.05) is 0 Å². The van der Waals surface area contributed by atoms with Crippen LogP contribution in [0.2, 0.25) is 0 Å². The standard InChI is InChI=1S/C18H24N2O3/c1-13-15-12-14(22-2)6-7-16(15)23-17(13)18(21)19-8-5-11-20-9-3-4-10-20/h6-7,12H,3-5,8-11H2,1-2H3,(H,19,21)/p+1. The Labute approximate surface area is 136 Å². The summed E-state index contributed by atoms with van der Waals surface area (Å²) in [6.07, 6.45) is 3.68. The van der Waals surface area contributed by atoms with Crippen molar-refractivity contribution in [1.29, 1.82) is 0 Å². The molecule has 1 amide bonds. The molecule has 3 rings (SSSR count). The molecule has 1 aromatic carbocycles. The van der Waals surface area contributed by atoms with E-state index < -0.39 is 0 Å². The number of benzene rings is 1. The van der Waals surface area contributed by atoms with Gasteiger partial charge in [0.25, 0.3) is 5.91 Å². The van der Waals surface area contributed by atoms with E-state index in [0.29, 0.717) is 12.3 Å². The molecule has 0 saturated carbocycles. The first-order valence-electron chi connectivity index (χ1n) is 8.38. The fourth-order valence-electron chi connectivity index (χ4n) is 3.29. The number of fused-ring (bicyclic) bond motifs is 1. The zero-order valence-electron chi connectivity index (χ0n) is 13.9. The molecular formula is C18H25N2O3+. The van der Waals surface area contributed by atoms with Crippen LogP contribution in [-0.4, -0.2) is 39.2 Å². The van der Waals surface area contributed by atoms with E-state index in [1.807, 2.05) is 25.1 Å². The summed E-state index contributed by atoms with van der Waals surface area (Å²) in [5.41, 5.74) is 1.58. The van der Waals surface area contributed by atoms with E-state index in [-0.39, 0.29) is 5.91 Å². The number of furan rings is 1. The van der Waals surface area contributed by atoms with E-state index in [2.05, 4.69) is 5.32 Å². The van der Waals surface area contributed by atoms with Gasteiger partial charge in [-0.05, 0) is 25.1 Å². The molecule has 1 fully saturated rings. The number of aryl methyl sites for hydroxylation is 1. The van der Waals surface area contributed by atoms with Crippen molar-refractivity contribution in [3.05, 3.63) is 29.5 Å². The Balaban J connectivity index is 1.60. The van der Waals surface area contributed by atoms with Gasteiger partial charge < -0.3 is 19.4 Å². The van der Waals surface area contributed by atoms with Crippen molar-refractivity contribution in [3.63, 3.8) is 0 Å². The summed E-state index contributed by atoms with van der Waals surface area (Å²) in [6, 6.07) is 5.59. The summed E-state index contributed by atoms with van der Waals surface area (Å²) >= 11 is 0. The van der Waals surface area contributed by atoms with Crippen LogP contribution in [-0.2, 0) is 0 Å². The van der Waals surface area contributed by atoms with Crippen LogP contribution in [0.15, 0.2) is 22.6 Å². The second kappa shape index (κ2) is 7.04. The van der Waals surface area contributed by atoms with Gasteiger partial charge >= 0.3 is 0 Å². The Morgan fingerprint density at radius 3 is 2.87 bits per heavy atom. The molecule has 0 unspecified atom stereocenters. The first-order chi connectivity index (χ1) is 11.2. The fraction of sp³-hybridized carbons (Fsp3) is 0.500. The number of methoxy groups -OCH3 is 1. The van der Waals surface area contributed by atoms with Crippen molar-refractivity contribution < 1.29 is 18.8 Å². The van der Waals surface area contributed by atoms with E-state index in [1.54, 1.807) is 12.0 Å². The van der Waals surface area contributed by atoms with Gasteiger partial charge in [0.2, 0.25) is 0 Å². The maximum Gasteiger partial charge on any atom is 0.287 e. The number of nitrogens with one attached hydrogen (secondary N) is 2. The highest BCUT2D eigenvalue weighted by atomic mass is 16.5. The molecule has 5 nitrogen and oxygen atoms in total. The molecule has 1 saturated heterocycles. The van der Waals surface area contributed by atoms with Crippen LogP contribution in [0, 0.1) is 6.92 Å². The normalized spacial score (nSPS) is 15.2. The van der Waals surface area contributed by atoms with Gasteiger partial charge in [0.15, 0.2) is 5.76 Å². The van der Waals surface area contributed by atoms with Gasteiger partial charge in [-0.3, -0.25) is 4.79 Å². The molecule has 1 aliphatic heterocycles. The van der Waals surface area contributed by atoms with Crippen LogP contribution in [0.3, 0.4) is 0 Å². The predicted octanol–water partition coefficient (Wildman–Crippen LogP) is 1.55. The van der Waals surface area contributed by atoms with Crippen LogP contribution in [0.4, 0.5) is 0 Å². The van der Waals surface area contributed by atoms with Crippen LogP contribution < -0.4 is 15.0 Å². The van der Waals surface area contributed by atoms with Crippen molar-refractivity contribution >= 4 is 16.9 Å². The topological polar surface area (TPSA) is 55.9 Å². The molecule has 2 N–H and O–H groups in total. The van der Waals surface area contributed by atoms with Crippen molar-refractivity contribution in [2.75, 3.05) is 33.3 Å². The van der Waals surface area contributed by atoms with Crippen LogP contribution in [0.5, 0.6) is 5.75 Å². The quantitative estimate of drug-likeness (QED) is 0.795. The Kier molecular flexibility index (Phi) is 4.86. The van der Waals surface area contributed by atoms with E-state index in [1.165, 1.54) is 25.9 Å². The molecule has 1 aliphatic rings. The molecule has 0 atom stereocenters. The minimum Gasteiger partial charge on any atom is -0.497 e. The Morgan fingerprint density at radius 2 is 2.13 bits per heavy atom. The van der Waals surface area contributed by atoms with Crippen LogP contribution in [0.1, 0.15) is 35.4 Å². The average molecular weight is 317 g/mol. The van der Waals surface area contributed by atoms with E-state index >= 15 is 0 Å². The lowest BCUT2D eigenvalue weighted by Crippen LogP contribution is -3.10. The first kappa shape index (κ1) is 15.9. The largest absolute Gasteiger partial charge is 0.497 e. The molecular weight excluding hydrogens is 292 g/mol. The molecule has 1 aromatic heterocycles. The van der Waals surface area contributed by atoms with Gasteiger partial charge in [-0.15, -0.1) is 0 Å². The van der Waals surface area contributed by atoms with Gasteiger partial charge in [-0.25, -0.2) is 0 Å². The number of quaternary nitrogens is 1. The monoisotopic (exact) mass is 317 g/mol. The van der Waals surface area contributed by atoms with Crippen LogP contribution >= 0.6 is 0 Å². The number of likely N-dealkylation sites (tertiary alicyclic amines) is 1. The van der Waals surface area contributed by atoms with Crippen LogP contribution in [0.25, 0.3) is 11.0 Å². The lowest BCUT2D eigenvalue weighted by molar-refractivity contribution is -0.887. The highest BCUT2D eigenvalue weighted by Crippen LogP contribution is 2.28. The van der Waals surface area contributed by atoms with Crippen molar-refractivity contribution in [3.8, 4) is 5.75 Å². The maximum absolute atomic E-state index is 12.3. The number of hydrogen-bond acceptors (Lipinski definition) is 3. The predicted molar refractivity (Wildman–Crippen MR) is 89.3 cm³/mol. The van der Waals surface area contributed by atoms with E-state index in [9.17, 15) is 4.79 Å². The number of carbonyl (C=O) groups excluding carboxylic acids is 1. The highest BCUT2D eigenvalue weighted by Gasteiger charge is 2.18. The average Bonchev–Trinajstić information content (AvgIpc) is 3.19. The number of amides is 1. The summed E-state index contributed by atoms with van der Waals surface area (Å²) in [5, 5.41) is 3.90. The zero-order chi connectivity index (χ0) is 16.2. The molecule has 0 aliphatic carbocycles. The Hall–Kier alpha value is -2.01.